The Balaban J connectivity index is 3.27. The lowest BCUT2D eigenvalue weighted by Gasteiger charge is -2.30. The van der Waals surface area contributed by atoms with E-state index in [4.69, 9.17) is 0 Å². The summed E-state index contributed by atoms with van der Waals surface area (Å²) in [5.41, 5.74) is -0.659. The van der Waals surface area contributed by atoms with Crippen LogP contribution in [0.2, 0.25) is 0 Å². The van der Waals surface area contributed by atoms with E-state index in [1.807, 2.05) is 32.8 Å². The Bertz CT molecular complexity index is 489. The highest BCUT2D eigenvalue weighted by atomic mass is 16.5. The number of likely N-dealkylation sites (N-methyl/N-ethyl adjacent to an activating group) is 1. The normalized spacial score (nSPS) is 11.7. The Morgan fingerprint density at radius 2 is 2.06 bits per heavy atom. The van der Waals surface area contributed by atoms with Crippen molar-refractivity contribution < 1.29 is 9.53 Å². The molecule has 0 fully saturated rings. The lowest BCUT2D eigenvalue weighted by atomic mass is 10.0. The number of carbonyl (C=O) groups is 1. The van der Waals surface area contributed by atoms with Crippen LogP contribution in [0.25, 0.3) is 0 Å². The highest BCUT2D eigenvalue weighted by Gasteiger charge is 2.24. The summed E-state index contributed by atoms with van der Waals surface area (Å²) in [7, 11) is 5.15. The van der Waals surface area contributed by atoms with Crippen molar-refractivity contribution in [3.63, 3.8) is 0 Å². The molecule has 0 aliphatic heterocycles. The Labute approximate surface area is 107 Å². The number of hydrogen-bond acceptors (Lipinski definition) is 4. The van der Waals surface area contributed by atoms with Gasteiger partial charge in [0, 0.05) is 12.7 Å². The summed E-state index contributed by atoms with van der Waals surface area (Å²) in [4.78, 5) is 25.7. The monoisotopic (exact) mass is 252 g/mol. The molecule has 0 aromatic carbocycles. The molecule has 1 heterocycles. The summed E-state index contributed by atoms with van der Waals surface area (Å²) in [6, 6.07) is 3.17. The zero-order valence-corrected chi connectivity index (χ0v) is 11.6. The maximum absolute atomic E-state index is 12.2. The third kappa shape index (κ3) is 2.98. The van der Waals surface area contributed by atoms with E-state index in [0.29, 0.717) is 6.54 Å². The number of methoxy groups -OCH3 is 1. The SMILES string of the molecule is COC(=O)c1cccn(C(C)(C)CN(C)C)c1=O. The van der Waals surface area contributed by atoms with Crippen LogP contribution in [0.5, 0.6) is 0 Å². The first-order valence-corrected chi connectivity index (χ1v) is 5.75. The number of pyridine rings is 1. The molecule has 0 bridgehead atoms. The lowest BCUT2D eigenvalue weighted by Crippen LogP contribution is -2.44. The Hall–Kier alpha value is -1.62. The quantitative estimate of drug-likeness (QED) is 0.748. The third-order valence-corrected chi connectivity index (χ3v) is 2.71. The molecule has 0 unspecified atom stereocenters. The van der Waals surface area contributed by atoms with Gasteiger partial charge >= 0.3 is 5.97 Å². The first-order chi connectivity index (χ1) is 8.29. The fourth-order valence-electron chi connectivity index (χ4n) is 2.09. The van der Waals surface area contributed by atoms with Gasteiger partial charge in [0.2, 0.25) is 0 Å². The number of ether oxygens (including phenoxy) is 1. The summed E-state index contributed by atoms with van der Waals surface area (Å²) >= 11 is 0. The maximum Gasteiger partial charge on any atom is 0.343 e. The molecule has 5 nitrogen and oxygen atoms in total. The first-order valence-electron chi connectivity index (χ1n) is 5.75. The topological polar surface area (TPSA) is 51.5 Å². The molecule has 0 radical (unpaired) electrons. The molecular weight excluding hydrogens is 232 g/mol. The van der Waals surface area contributed by atoms with Gasteiger partial charge in [0.25, 0.3) is 5.56 Å². The molecule has 100 valence electrons. The van der Waals surface area contributed by atoms with Gasteiger partial charge in [-0.2, -0.15) is 0 Å². The van der Waals surface area contributed by atoms with Crippen molar-refractivity contribution in [2.24, 2.45) is 0 Å². The third-order valence-electron chi connectivity index (χ3n) is 2.71. The van der Waals surface area contributed by atoms with Gasteiger partial charge in [0.1, 0.15) is 5.56 Å². The molecule has 1 rings (SSSR count). The number of aromatic nitrogens is 1. The van der Waals surface area contributed by atoms with Gasteiger partial charge in [0.15, 0.2) is 0 Å². The zero-order chi connectivity index (χ0) is 13.9. The predicted molar refractivity (Wildman–Crippen MR) is 69.9 cm³/mol. The van der Waals surface area contributed by atoms with Crippen molar-refractivity contribution in [3.8, 4) is 0 Å². The van der Waals surface area contributed by atoms with E-state index in [-0.39, 0.29) is 11.1 Å². The summed E-state index contributed by atoms with van der Waals surface area (Å²) in [5, 5.41) is 0. The summed E-state index contributed by atoms with van der Waals surface area (Å²) < 4.78 is 6.17. The smallest absolute Gasteiger partial charge is 0.343 e. The number of rotatable bonds is 4. The molecule has 0 aliphatic rings. The van der Waals surface area contributed by atoms with Crippen LogP contribution in [0.3, 0.4) is 0 Å². The zero-order valence-electron chi connectivity index (χ0n) is 11.6. The molecule has 18 heavy (non-hydrogen) atoms. The van der Waals surface area contributed by atoms with E-state index in [9.17, 15) is 9.59 Å². The van der Waals surface area contributed by atoms with Crippen LogP contribution in [0.1, 0.15) is 24.2 Å². The van der Waals surface area contributed by atoms with Crippen LogP contribution >= 0.6 is 0 Å². The van der Waals surface area contributed by atoms with Crippen molar-refractivity contribution in [3.05, 3.63) is 34.2 Å². The number of hydrogen-bond donors (Lipinski definition) is 0. The first kappa shape index (κ1) is 14.4. The summed E-state index contributed by atoms with van der Waals surface area (Å²) in [5.74, 6) is -0.602. The fourth-order valence-corrected chi connectivity index (χ4v) is 2.09. The van der Waals surface area contributed by atoms with Crippen molar-refractivity contribution in [2.75, 3.05) is 27.7 Å². The van der Waals surface area contributed by atoms with Crippen LogP contribution in [-0.4, -0.2) is 43.2 Å². The average Bonchev–Trinajstić information content (AvgIpc) is 2.26. The number of nitrogens with zero attached hydrogens (tertiary/aromatic N) is 2. The second kappa shape index (κ2) is 5.35. The van der Waals surface area contributed by atoms with Crippen LogP contribution in [0.15, 0.2) is 23.1 Å². The molecule has 5 heteroatoms. The lowest BCUT2D eigenvalue weighted by molar-refractivity contribution is 0.0597. The highest BCUT2D eigenvalue weighted by molar-refractivity contribution is 5.88. The second-order valence-electron chi connectivity index (χ2n) is 5.14. The Morgan fingerprint density at radius 3 is 2.56 bits per heavy atom. The molecule has 0 spiro atoms. The van der Waals surface area contributed by atoms with E-state index < -0.39 is 11.5 Å². The molecule has 0 saturated heterocycles. The van der Waals surface area contributed by atoms with E-state index in [0.717, 1.165) is 0 Å². The van der Waals surface area contributed by atoms with Crippen molar-refractivity contribution in [2.45, 2.75) is 19.4 Å². The minimum atomic E-state index is -0.602. The van der Waals surface area contributed by atoms with Crippen molar-refractivity contribution >= 4 is 5.97 Å². The second-order valence-corrected chi connectivity index (χ2v) is 5.14. The van der Waals surface area contributed by atoms with E-state index in [1.54, 1.807) is 16.8 Å². The number of esters is 1. The standard InChI is InChI=1S/C13H20N2O3/c1-13(2,9-14(3)4)15-8-6-7-10(11(15)16)12(17)18-5/h6-8H,9H2,1-5H3. The van der Waals surface area contributed by atoms with Crippen LogP contribution in [-0.2, 0) is 10.3 Å². The fraction of sp³-hybridized carbons (Fsp3) is 0.538. The molecule has 1 aromatic rings. The van der Waals surface area contributed by atoms with E-state index in [2.05, 4.69) is 4.74 Å². The summed E-state index contributed by atoms with van der Waals surface area (Å²) in [6.07, 6.45) is 1.69. The molecule has 0 saturated carbocycles. The van der Waals surface area contributed by atoms with Crippen LogP contribution < -0.4 is 5.56 Å². The van der Waals surface area contributed by atoms with Gasteiger partial charge in [0.05, 0.1) is 12.6 Å². The molecule has 0 N–H and O–H groups in total. The predicted octanol–water partition coefficient (Wildman–Crippen LogP) is 0.932. The van der Waals surface area contributed by atoms with Crippen LogP contribution in [0, 0.1) is 0 Å². The largest absolute Gasteiger partial charge is 0.465 e. The van der Waals surface area contributed by atoms with Gasteiger partial charge < -0.3 is 14.2 Å². The molecule has 0 amide bonds. The molecule has 0 atom stereocenters. The highest BCUT2D eigenvalue weighted by Crippen LogP contribution is 2.13. The van der Waals surface area contributed by atoms with Gasteiger partial charge in [-0.15, -0.1) is 0 Å². The summed E-state index contributed by atoms with van der Waals surface area (Å²) in [6.45, 7) is 4.60. The van der Waals surface area contributed by atoms with Crippen molar-refractivity contribution in [1.82, 2.24) is 9.47 Å². The Kier molecular flexibility index (Phi) is 4.29. The number of carbonyl (C=O) groups excluding carboxylic acids is 1. The van der Waals surface area contributed by atoms with Gasteiger partial charge in [-0.3, -0.25) is 4.79 Å². The minimum Gasteiger partial charge on any atom is -0.465 e. The maximum atomic E-state index is 12.2. The average molecular weight is 252 g/mol. The van der Waals surface area contributed by atoms with Gasteiger partial charge in [-0.25, -0.2) is 4.79 Å². The van der Waals surface area contributed by atoms with E-state index >= 15 is 0 Å². The van der Waals surface area contributed by atoms with Gasteiger partial charge in [-0.1, -0.05) is 0 Å². The van der Waals surface area contributed by atoms with Gasteiger partial charge in [-0.05, 0) is 40.1 Å². The molecular formula is C13H20N2O3. The minimum absolute atomic E-state index is 0.0619. The Morgan fingerprint density at radius 1 is 1.44 bits per heavy atom. The molecule has 1 aromatic heterocycles. The van der Waals surface area contributed by atoms with Crippen LogP contribution in [0.4, 0.5) is 0 Å². The van der Waals surface area contributed by atoms with Crippen molar-refractivity contribution in [1.29, 1.82) is 0 Å². The molecule has 0 aliphatic carbocycles. The van der Waals surface area contributed by atoms with E-state index in [1.165, 1.54) is 13.2 Å².